The average molecular weight is 482 g/mol. The van der Waals surface area contributed by atoms with Crippen LogP contribution in [0.4, 0.5) is 13.2 Å². The quantitative estimate of drug-likeness (QED) is 0.170. The molecule has 4 N–H and O–H groups in total. The highest BCUT2D eigenvalue weighted by Crippen LogP contribution is 2.13. The molecule has 0 aliphatic rings. The minimum atomic E-state index is -5.08. The topological polar surface area (TPSA) is 135 Å². The van der Waals surface area contributed by atoms with Crippen molar-refractivity contribution in [1.82, 2.24) is 16.0 Å². The van der Waals surface area contributed by atoms with Gasteiger partial charge in [-0.3, -0.25) is 9.59 Å². The Morgan fingerprint density at radius 1 is 0.839 bits per heavy atom. The van der Waals surface area contributed by atoms with Gasteiger partial charge in [-0.1, -0.05) is 0 Å². The molecule has 0 aromatic rings. The zero-order chi connectivity index (χ0) is 24.0. The number of hydrogen-bond acceptors (Lipinski definition) is 7. The number of carbonyl (C=O) groups excluding carboxylic acids is 2. The molecule has 0 unspecified atom stereocenters. The second-order valence-corrected chi connectivity index (χ2v) is 5.98. The smallest absolute Gasteiger partial charge is 0.475 e. The van der Waals surface area contributed by atoms with Gasteiger partial charge in [-0.2, -0.15) is 13.2 Å². The monoisotopic (exact) mass is 481 g/mol. The van der Waals surface area contributed by atoms with Gasteiger partial charge < -0.3 is 35.3 Å². The van der Waals surface area contributed by atoms with Gasteiger partial charge in [0, 0.05) is 26.3 Å². The van der Waals surface area contributed by atoms with Crippen LogP contribution in [0, 0.1) is 0 Å². The molecule has 0 rings (SSSR count). The lowest BCUT2D eigenvalue weighted by molar-refractivity contribution is -0.192. The second kappa shape index (κ2) is 21.6. The Bertz CT molecular complexity index is 486. The van der Waals surface area contributed by atoms with Gasteiger partial charge >= 0.3 is 12.1 Å². The predicted octanol–water partition coefficient (Wildman–Crippen LogP) is 0.140. The van der Waals surface area contributed by atoms with E-state index in [2.05, 4.69) is 16.0 Å². The van der Waals surface area contributed by atoms with E-state index in [-0.39, 0.29) is 17.7 Å². The maximum atomic E-state index is 11.1. The first kappa shape index (κ1) is 31.5. The maximum Gasteiger partial charge on any atom is 0.490 e. The van der Waals surface area contributed by atoms with Crippen LogP contribution in [0.5, 0.6) is 0 Å². The van der Waals surface area contributed by atoms with Crippen molar-refractivity contribution in [3.05, 3.63) is 0 Å². The number of nitrogens with one attached hydrogen (secondary N) is 3. The summed E-state index contributed by atoms with van der Waals surface area (Å²) >= 11 is 5.35. The summed E-state index contributed by atoms with van der Waals surface area (Å²) in [5.41, 5.74) is 0. The zero-order valence-corrected chi connectivity index (χ0v) is 18.1. The van der Waals surface area contributed by atoms with Crippen molar-refractivity contribution in [2.75, 3.05) is 72.2 Å². The molecule has 0 spiro atoms. The number of rotatable bonds is 17. The van der Waals surface area contributed by atoms with Crippen LogP contribution in [-0.2, 0) is 28.6 Å². The van der Waals surface area contributed by atoms with Crippen LogP contribution < -0.4 is 16.0 Å². The van der Waals surface area contributed by atoms with Gasteiger partial charge in [-0.05, 0) is 19.9 Å². The van der Waals surface area contributed by atoms with Crippen LogP contribution in [0.3, 0.4) is 0 Å². The van der Waals surface area contributed by atoms with Crippen LogP contribution in [0.25, 0.3) is 0 Å². The molecule has 31 heavy (non-hydrogen) atoms. The van der Waals surface area contributed by atoms with E-state index in [1.165, 1.54) is 0 Å². The molecule has 0 aliphatic carbocycles. The lowest BCUT2D eigenvalue weighted by Crippen LogP contribution is -2.33. The number of ether oxygens (including phenoxy) is 3. The van der Waals surface area contributed by atoms with E-state index in [1.54, 1.807) is 7.05 Å². The highest BCUT2D eigenvalue weighted by Gasteiger charge is 2.38. The van der Waals surface area contributed by atoms with Crippen molar-refractivity contribution < 1.29 is 46.9 Å². The molecule has 0 atom stereocenters. The molecule has 0 saturated heterocycles. The molecule has 0 bridgehead atoms. The van der Waals surface area contributed by atoms with Crippen molar-refractivity contribution in [2.24, 2.45) is 0 Å². The van der Waals surface area contributed by atoms with E-state index in [9.17, 15) is 22.8 Å². The van der Waals surface area contributed by atoms with Crippen molar-refractivity contribution in [2.45, 2.75) is 19.0 Å². The second-order valence-electron chi connectivity index (χ2n) is 5.71. The Morgan fingerprint density at radius 3 is 1.58 bits per heavy atom. The molecule has 0 heterocycles. The van der Waals surface area contributed by atoms with Crippen LogP contribution in [0.2, 0.25) is 0 Å². The lowest BCUT2D eigenvalue weighted by Gasteiger charge is -2.08. The highest BCUT2D eigenvalue weighted by molar-refractivity contribution is 6.27. The third-order valence-electron chi connectivity index (χ3n) is 3.02. The first-order valence-corrected chi connectivity index (χ1v) is 9.95. The van der Waals surface area contributed by atoms with Crippen molar-refractivity contribution in [3.8, 4) is 0 Å². The van der Waals surface area contributed by atoms with E-state index in [4.69, 9.17) is 35.7 Å². The van der Waals surface area contributed by atoms with Crippen molar-refractivity contribution in [3.63, 3.8) is 0 Å². The average Bonchev–Trinajstić information content (AvgIpc) is 2.70. The highest BCUT2D eigenvalue weighted by atomic mass is 35.5. The Labute approximate surface area is 184 Å². The number of aliphatic carboxylic acids is 1. The normalized spacial score (nSPS) is 10.7. The molecular weight excluding hydrogens is 451 g/mol. The summed E-state index contributed by atoms with van der Waals surface area (Å²) in [6, 6.07) is 0. The number of likely N-dealkylation sites (N-methyl/N-ethyl adjacent to an activating group) is 1. The maximum absolute atomic E-state index is 11.1. The Kier molecular flexibility index (Phi) is 21.9. The Hall–Kier alpha value is -1.67. The molecule has 0 aromatic heterocycles. The summed E-state index contributed by atoms with van der Waals surface area (Å²) in [7, 11) is 1.73. The van der Waals surface area contributed by atoms with Crippen LogP contribution in [-0.4, -0.2) is 101 Å². The van der Waals surface area contributed by atoms with Gasteiger partial charge in [0.05, 0.1) is 33.0 Å². The number of halogens is 4. The third kappa shape index (κ3) is 26.3. The van der Waals surface area contributed by atoms with E-state index >= 15 is 0 Å². The minimum Gasteiger partial charge on any atom is -0.475 e. The number of amides is 2. The van der Waals surface area contributed by atoms with Gasteiger partial charge in [-0.25, -0.2) is 4.79 Å². The summed E-state index contributed by atoms with van der Waals surface area (Å²) in [5.74, 6) is -2.95. The molecular formula is C17H31ClF3N3O7. The van der Waals surface area contributed by atoms with Gasteiger partial charge in [0.1, 0.15) is 5.88 Å². The van der Waals surface area contributed by atoms with Gasteiger partial charge in [0.25, 0.3) is 0 Å². The van der Waals surface area contributed by atoms with Crippen molar-refractivity contribution >= 4 is 29.4 Å². The van der Waals surface area contributed by atoms with Gasteiger partial charge in [0.2, 0.25) is 11.8 Å². The SMILES string of the molecule is CNCC(=O)NCCCOCCOCCOCCCNC(=O)CCl.O=C(O)C(F)(F)F. The fraction of sp³-hybridized carbons (Fsp3) is 0.824. The standard InChI is InChI=1S/C15H30ClN3O5.C2HF3O2/c1-17-13-15(21)19-5-3-7-23-9-11-24-10-8-22-6-2-4-18-14(20)12-16;3-2(4,5)1(6)7/h17H,2-13H2,1H3,(H,18,20)(H,19,21);(H,6,7). The minimum absolute atomic E-state index is 0.0118. The van der Waals surface area contributed by atoms with E-state index in [0.717, 1.165) is 12.8 Å². The van der Waals surface area contributed by atoms with Gasteiger partial charge in [-0.15, -0.1) is 11.6 Å². The molecule has 0 aliphatic heterocycles. The van der Waals surface area contributed by atoms with E-state index in [1.807, 2.05) is 0 Å². The summed E-state index contributed by atoms with van der Waals surface area (Å²) in [6.07, 6.45) is -3.56. The summed E-state index contributed by atoms with van der Waals surface area (Å²) < 4.78 is 47.8. The first-order valence-electron chi connectivity index (χ1n) is 9.42. The number of alkyl halides is 4. The lowest BCUT2D eigenvalue weighted by atomic mass is 10.4. The molecule has 0 saturated carbocycles. The number of carbonyl (C=O) groups is 3. The molecule has 2 amide bonds. The number of carboxylic acid groups (broad SMARTS) is 1. The number of hydrogen-bond donors (Lipinski definition) is 4. The largest absolute Gasteiger partial charge is 0.490 e. The van der Waals surface area contributed by atoms with Crippen LogP contribution in [0.1, 0.15) is 12.8 Å². The summed E-state index contributed by atoms with van der Waals surface area (Å²) in [5, 5.41) is 15.3. The third-order valence-corrected chi connectivity index (χ3v) is 3.26. The first-order chi connectivity index (χ1) is 14.6. The molecule has 10 nitrogen and oxygen atoms in total. The van der Waals surface area contributed by atoms with Crippen molar-refractivity contribution in [1.29, 1.82) is 0 Å². The van der Waals surface area contributed by atoms with E-state index in [0.29, 0.717) is 59.3 Å². The molecule has 184 valence electrons. The zero-order valence-electron chi connectivity index (χ0n) is 17.4. The van der Waals surface area contributed by atoms with Gasteiger partial charge in [0.15, 0.2) is 0 Å². The number of carboxylic acids is 1. The molecule has 0 fully saturated rings. The fourth-order valence-electron chi connectivity index (χ4n) is 1.62. The molecule has 0 radical (unpaired) electrons. The summed E-state index contributed by atoms with van der Waals surface area (Å²) in [4.78, 5) is 30.9. The Morgan fingerprint density at radius 2 is 1.23 bits per heavy atom. The van der Waals surface area contributed by atoms with Crippen LogP contribution in [0.15, 0.2) is 0 Å². The Balaban J connectivity index is 0. The van der Waals surface area contributed by atoms with Crippen LogP contribution >= 0.6 is 11.6 Å². The predicted molar refractivity (Wildman–Crippen MR) is 106 cm³/mol. The van der Waals surface area contributed by atoms with E-state index < -0.39 is 12.1 Å². The molecule has 0 aromatic carbocycles. The fourth-order valence-corrected chi connectivity index (χ4v) is 1.71. The molecule has 14 heteroatoms. The summed E-state index contributed by atoms with van der Waals surface area (Å²) in [6.45, 7) is 4.74.